The Morgan fingerprint density at radius 3 is 3.12 bits per heavy atom. The van der Waals surface area contributed by atoms with Gasteiger partial charge in [0.2, 0.25) is 5.91 Å². The first kappa shape index (κ1) is 14.3. The smallest absolute Gasteiger partial charge is 0.234 e. The summed E-state index contributed by atoms with van der Waals surface area (Å²) in [5, 5.41) is 12.0. The number of aliphatic hydroxyl groups is 1. The van der Waals surface area contributed by atoms with Crippen molar-refractivity contribution in [1.29, 1.82) is 0 Å². The van der Waals surface area contributed by atoms with Gasteiger partial charge in [-0.2, -0.15) is 0 Å². The van der Waals surface area contributed by atoms with E-state index in [0.29, 0.717) is 17.9 Å². The summed E-state index contributed by atoms with van der Waals surface area (Å²) in [6, 6.07) is 3.41. The minimum absolute atomic E-state index is 0.116. The number of amides is 1. The zero-order chi connectivity index (χ0) is 12.7. The van der Waals surface area contributed by atoms with Gasteiger partial charge in [0.05, 0.1) is 11.4 Å². The summed E-state index contributed by atoms with van der Waals surface area (Å²) in [7, 11) is 0. The van der Waals surface area contributed by atoms with Crippen LogP contribution in [0.25, 0.3) is 0 Å². The van der Waals surface area contributed by atoms with Crippen LogP contribution in [-0.2, 0) is 4.79 Å². The molecule has 1 aromatic rings. The second kappa shape index (κ2) is 7.53. The van der Waals surface area contributed by atoms with Crippen molar-refractivity contribution in [3.63, 3.8) is 0 Å². The monoisotopic (exact) mass is 274 g/mol. The van der Waals surface area contributed by atoms with Crippen LogP contribution in [0.15, 0.2) is 18.3 Å². The van der Waals surface area contributed by atoms with E-state index in [-0.39, 0.29) is 22.9 Å². The molecule has 17 heavy (non-hydrogen) atoms. The molecular formula is C11H15ClN2O2S. The van der Waals surface area contributed by atoms with Crippen molar-refractivity contribution in [2.24, 2.45) is 0 Å². The molecule has 0 aliphatic rings. The summed E-state index contributed by atoms with van der Waals surface area (Å²) in [6.07, 6.45) is 2.25. The molecule has 0 spiro atoms. The van der Waals surface area contributed by atoms with E-state index in [4.69, 9.17) is 16.7 Å². The summed E-state index contributed by atoms with van der Waals surface area (Å²) in [4.78, 5) is 15.5. The molecule has 0 radical (unpaired) electrons. The highest BCUT2D eigenvalue weighted by molar-refractivity contribution is 8.00. The Morgan fingerprint density at radius 1 is 1.71 bits per heavy atom. The number of aliphatic hydroxyl groups excluding tert-OH is 1. The number of thioether (sulfide) groups is 1. The molecule has 1 atom stereocenters. The summed E-state index contributed by atoms with van der Waals surface area (Å²) in [5.41, 5.74) is 0.523. The maximum atomic E-state index is 11.6. The highest BCUT2D eigenvalue weighted by Crippen LogP contribution is 2.19. The maximum Gasteiger partial charge on any atom is 0.234 e. The molecule has 0 saturated heterocycles. The lowest BCUT2D eigenvalue weighted by atomic mass is 10.3. The van der Waals surface area contributed by atoms with Crippen molar-refractivity contribution >= 4 is 35.0 Å². The minimum atomic E-state index is -0.116. The third kappa shape index (κ3) is 5.39. The van der Waals surface area contributed by atoms with Crippen molar-refractivity contribution in [3.05, 3.63) is 23.5 Å². The van der Waals surface area contributed by atoms with Gasteiger partial charge in [-0.25, -0.2) is 4.98 Å². The molecule has 1 rings (SSSR count). The summed E-state index contributed by atoms with van der Waals surface area (Å²) in [6.45, 7) is 2.12. The number of nitrogens with one attached hydrogen (secondary N) is 1. The normalized spacial score (nSPS) is 12.2. The van der Waals surface area contributed by atoms with Crippen molar-refractivity contribution in [2.45, 2.75) is 18.6 Å². The fourth-order valence-electron chi connectivity index (χ4n) is 1.15. The van der Waals surface area contributed by atoms with Crippen LogP contribution in [-0.4, -0.2) is 33.6 Å². The van der Waals surface area contributed by atoms with Crippen LogP contribution in [0.5, 0.6) is 0 Å². The molecule has 1 aromatic heterocycles. The molecule has 0 aliphatic carbocycles. The average Bonchev–Trinajstić information content (AvgIpc) is 2.30. The molecule has 1 unspecified atom stereocenters. The standard InChI is InChI=1S/C11H15ClN2O2S/c1-8(4-6-15)17-7-10(16)14-9-3-2-5-13-11(9)12/h2-3,5,8,15H,4,6-7H2,1H3,(H,14,16). The molecule has 6 heteroatoms. The molecule has 0 fully saturated rings. The van der Waals surface area contributed by atoms with Gasteiger partial charge < -0.3 is 10.4 Å². The van der Waals surface area contributed by atoms with E-state index in [1.165, 1.54) is 11.8 Å². The number of halogens is 1. The topological polar surface area (TPSA) is 62.2 Å². The lowest BCUT2D eigenvalue weighted by molar-refractivity contribution is -0.113. The van der Waals surface area contributed by atoms with Gasteiger partial charge in [-0.05, 0) is 18.6 Å². The molecule has 0 saturated carbocycles. The number of carbonyl (C=O) groups excluding carboxylic acids is 1. The molecule has 0 aliphatic heterocycles. The Kier molecular flexibility index (Phi) is 6.32. The lowest BCUT2D eigenvalue weighted by Crippen LogP contribution is -2.16. The number of hydrogen-bond donors (Lipinski definition) is 2. The van der Waals surface area contributed by atoms with Crippen molar-refractivity contribution in [2.75, 3.05) is 17.7 Å². The van der Waals surface area contributed by atoms with E-state index < -0.39 is 0 Å². The van der Waals surface area contributed by atoms with E-state index in [2.05, 4.69) is 10.3 Å². The summed E-state index contributed by atoms with van der Waals surface area (Å²) in [5.74, 6) is 0.224. The van der Waals surface area contributed by atoms with Crippen LogP contribution >= 0.6 is 23.4 Å². The first-order valence-electron chi connectivity index (χ1n) is 5.26. The van der Waals surface area contributed by atoms with Crippen molar-refractivity contribution in [1.82, 2.24) is 4.98 Å². The summed E-state index contributed by atoms with van der Waals surface area (Å²) >= 11 is 7.31. The predicted molar refractivity (Wildman–Crippen MR) is 71.5 cm³/mol. The third-order valence-corrected chi connectivity index (χ3v) is 3.60. The minimum Gasteiger partial charge on any atom is -0.396 e. The second-order valence-electron chi connectivity index (χ2n) is 3.52. The Bertz CT molecular complexity index is 376. The van der Waals surface area contributed by atoms with Gasteiger partial charge in [0, 0.05) is 18.1 Å². The van der Waals surface area contributed by atoms with E-state index in [0.717, 1.165) is 0 Å². The van der Waals surface area contributed by atoms with Crippen LogP contribution in [0.2, 0.25) is 5.15 Å². The molecule has 4 nitrogen and oxygen atoms in total. The third-order valence-electron chi connectivity index (χ3n) is 2.07. The molecule has 1 heterocycles. The Labute approximate surface area is 110 Å². The van der Waals surface area contributed by atoms with Crippen LogP contribution < -0.4 is 5.32 Å². The Morgan fingerprint density at radius 2 is 2.47 bits per heavy atom. The van der Waals surface area contributed by atoms with Crippen LogP contribution in [0, 0.1) is 0 Å². The summed E-state index contributed by atoms with van der Waals surface area (Å²) < 4.78 is 0. The first-order valence-corrected chi connectivity index (χ1v) is 6.69. The van der Waals surface area contributed by atoms with Crippen LogP contribution in [0.4, 0.5) is 5.69 Å². The number of pyridine rings is 1. The van der Waals surface area contributed by atoms with Gasteiger partial charge in [0.1, 0.15) is 0 Å². The zero-order valence-electron chi connectivity index (χ0n) is 9.52. The van der Waals surface area contributed by atoms with Gasteiger partial charge in [-0.3, -0.25) is 4.79 Å². The van der Waals surface area contributed by atoms with Gasteiger partial charge in [-0.15, -0.1) is 11.8 Å². The maximum absolute atomic E-state index is 11.6. The van der Waals surface area contributed by atoms with Gasteiger partial charge in [0.15, 0.2) is 5.15 Å². The van der Waals surface area contributed by atoms with Gasteiger partial charge in [-0.1, -0.05) is 18.5 Å². The quantitative estimate of drug-likeness (QED) is 0.781. The number of anilines is 1. The number of rotatable bonds is 6. The predicted octanol–water partition coefficient (Wildman–Crippen LogP) is 2.18. The molecule has 0 bridgehead atoms. The van der Waals surface area contributed by atoms with E-state index >= 15 is 0 Å². The van der Waals surface area contributed by atoms with Gasteiger partial charge in [0.25, 0.3) is 0 Å². The molecule has 2 N–H and O–H groups in total. The number of hydrogen-bond acceptors (Lipinski definition) is 4. The number of nitrogens with zero attached hydrogens (tertiary/aromatic N) is 1. The first-order chi connectivity index (χ1) is 8.13. The van der Waals surface area contributed by atoms with Crippen LogP contribution in [0.3, 0.4) is 0 Å². The number of aromatic nitrogens is 1. The molecule has 0 aromatic carbocycles. The fraction of sp³-hybridized carbons (Fsp3) is 0.455. The Balaban J connectivity index is 2.37. The fourth-order valence-corrected chi connectivity index (χ4v) is 2.10. The van der Waals surface area contributed by atoms with E-state index in [1.807, 2.05) is 6.92 Å². The SMILES string of the molecule is CC(CCO)SCC(=O)Nc1cccnc1Cl. The lowest BCUT2D eigenvalue weighted by Gasteiger charge is -2.10. The van der Waals surface area contributed by atoms with Crippen molar-refractivity contribution in [3.8, 4) is 0 Å². The second-order valence-corrected chi connectivity index (χ2v) is 5.31. The highest BCUT2D eigenvalue weighted by Gasteiger charge is 2.08. The van der Waals surface area contributed by atoms with Gasteiger partial charge >= 0.3 is 0 Å². The molecule has 1 amide bonds. The molecular weight excluding hydrogens is 260 g/mol. The largest absolute Gasteiger partial charge is 0.396 e. The Hall–Kier alpha value is -0.780. The van der Waals surface area contributed by atoms with Crippen molar-refractivity contribution < 1.29 is 9.90 Å². The van der Waals surface area contributed by atoms with Crippen LogP contribution in [0.1, 0.15) is 13.3 Å². The number of carbonyl (C=O) groups is 1. The molecule has 94 valence electrons. The highest BCUT2D eigenvalue weighted by atomic mass is 35.5. The van der Waals surface area contributed by atoms with E-state index in [1.54, 1.807) is 18.3 Å². The average molecular weight is 275 g/mol. The zero-order valence-corrected chi connectivity index (χ0v) is 11.1. The van der Waals surface area contributed by atoms with E-state index in [9.17, 15) is 4.79 Å².